The van der Waals surface area contributed by atoms with E-state index < -0.39 is 5.60 Å². The van der Waals surface area contributed by atoms with Crippen LogP contribution in [0.25, 0.3) is 0 Å². The van der Waals surface area contributed by atoms with E-state index in [-0.39, 0.29) is 0 Å². The highest BCUT2D eigenvalue weighted by atomic mass is 16.5. The van der Waals surface area contributed by atoms with Crippen LogP contribution in [0.3, 0.4) is 0 Å². The summed E-state index contributed by atoms with van der Waals surface area (Å²) >= 11 is 0. The van der Waals surface area contributed by atoms with Gasteiger partial charge in [0.15, 0.2) is 0 Å². The third-order valence-corrected chi connectivity index (χ3v) is 4.63. The van der Waals surface area contributed by atoms with E-state index in [1.165, 1.54) is 0 Å². The molecule has 3 aromatic rings. The van der Waals surface area contributed by atoms with Crippen LogP contribution in [0.4, 0.5) is 0 Å². The van der Waals surface area contributed by atoms with Gasteiger partial charge in [-0.1, -0.05) is 72.8 Å². The summed E-state index contributed by atoms with van der Waals surface area (Å²) in [6, 6.07) is 28.3. The zero-order valence-corrected chi connectivity index (χ0v) is 15.9. The second-order valence-electron chi connectivity index (χ2n) is 6.72. The van der Waals surface area contributed by atoms with Gasteiger partial charge in [0, 0.05) is 7.11 Å². The molecule has 0 aliphatic rings. The number of hydrogen-bond donors (Lipinski definition) is 0. The summed E-state index contributed by atoms with van der Waals surface area (Å²) in [5, 5.41) is 0. The zero-order chi connectivity index (χ0) is 19.0. The van der Waals surface area contributed by atoms with Gasteiger partial charge < -0.3 is 14.2 Å². The van der Waals surface area contributed by atoms with Crippen molar-refractivity contribution < 1.29 is 14.2 Å². The predicted molar refractivity (Wildman–Crippen MR) is 108 cm³/mol. The van der Waals surface area contributed by atoms with Crippen LogP contribution in [-0.2, 0) is 28.3 Å². The first-order valence-electron chi connectivity index (χ1n) is 9.14. The highest BCUT2D eigenvalue weighted by molar-refractivity contribution is 5.32. The van der Waals surface area contributed by atoms with Crippen molar-refractivity contribution >= 4 is 0 Å². The van der Waals surface area contributed by atoms with Crippen molar-refractivity contribution in [3.63, 3.8) is 0 Å². The van der Waals surface area contributed by atoms with Gasteiger partial charge in [0.1, 0.15) is 18.0 Å². The van der Waals surface area contributed by atoms with Crippen molar-refractivity contribution in [2.24, 2.45) is 0 Å². The quantitative estimate of drug-likeness (QED) is 0.514. The maximum Gasteiger partial charge on any atom is 0.120 e. The Kier molecular flexibility index (Phi) is 6.64. The maximum absolute atomic E-state index is 5.95. The van der Waals surface area contributed by atoms with E-state index in [4.69, 9.17) is 14.2 Å². The molecule has 0 heterocycles. The molecule has 140 valence electrons. The standard InChI is InChI=1S/C24H26O3/c1-24(25-2,19-26-17-20-10-5-3-6-11-20)22-14-9-15-23(16-22)27-18-21-12-7-4-8-13-21/h3-16H,17-19H2,1-2H3. The Bertz CT molecular complexity index is 817. The molecule has 3 aromatic carbocycles. The highest BCUT2D eigenvalue weighted by Crippen LogP contribution is 2.28. The minimum Gasteiger partial charge on any atom is -0.489 e. The summed E-state index contributed by atoms with van der Waals surface area (Å²) in [5.74, 6) is 0.822. The smallest absolute Gasteiger partial charge is 0.120 e. The molecular formula is C24H26O3. The summed E-state index contributed by atoms with van der Waals surface area (Å²) in [5.41, 5.74) is 2.78. The van der Waals surface area contributed by atoms with Gasteiger partial charge in [-0.25, -0.2) is 0 Å². The van der Waals surface area contributed by atoms with E-state index in [1.54, 1.807) is 7.11 Å². The first-order valence-corrected chi connectivity index (χ1v) is 9.14. The van der Waals surface area contributed by atoms with Crippen molar-refractivity contribution in [2.75, 3.05) is 13.7 Å². The molecule has 3 rings (SSSR count). The number of methoxy groups -OCH3 is 1. The van der Waals surface area contributed by atoms with Crippen LogP contribution in [0.5, 0.6) is 5.75 Å². The molecule has 3 heteroatoms. The summed E-state index contributed by atoms with van der Waals surface area (Å²) < 4.78 is 17.7. The Morgan fingerprint density at radius 3 is 2.00 bits per heavy atom. The fourth-order valence-corrected chi connectivity index (χ4v) is 2.85. The van der Waals surface area contributed by atoms with Crippen LogP contribution in [0.1, 0.15) is 23.6 Å². The van der Waals surface area contributed by atoms with E-state index in [0.717, 1.165) is 22.4 Å². The summed E-state index contributed by atoms with van der Waals surface area (Å²) in [6.45, 7) is 3.59. The van der Waals surface area contributed by atoms with Gasteiger partial charge in [0.05, 0.1) is 13.2 Å². The molecule has 0 aromatic heterocycles. The van der Waals surface area contributed by atoms with Gasteiger partial charge in [-0.3, -0.25) is 0 Å². The molecule has 0 fully saturated rings. The fourth-order valence-electron chi connectivity index (χ4n) is 2.85. The highest BCUT2D eigenvalue weighted by Gasteiger charge is 2.27. The average Bonchev–Trinajstić information content (AvgIpc) is 2.74. The van der Waals surface area contributed by atoms with Crippen molar-refractivity contribution in [1.29, 1.82) is 0 Å². The van der Waals surface area contributed by atoms with Crippen LogP contribution in [0, 0.1) is 0 Å². The lowest BCUT2D eigenvalue weighted by Crippen LogP contribution is -2.30. The Morgan fingerprint density at radius 1 is 0.741 bits per heavy atom. The second-order valence-corrected chi connectivity index (χ2v) is 6.72. The SMILES string of the molecule is COC(C)(COCc1ccccc1)c1cccc(OCc2ccccc2)c1. The zero-order valence-electron chi connectivity index (χ0n) is 15.9. The van der Waals surface area contributed by atoms with Crippen molar-refractivity contribution in [2.45, 2.75) is 25.7 Å². The van der Waals surface area contributed by atoms with Crippen LogP contribution < -0.4 is 4.74 Å². The molecule has 1 unspecified atom stereocenters. The van der Waals surface area contributed by atoms with Crippen LogP contribution >= 0.6 is 0 Å². The molecule has 3 nitrogen and oxygen atoms in total. The predicted octanol–water partition coefficient (Wildman–Crippen LogP) is 5.34. The molecule has 0 saturated carbocycles. The van der Waals surface area contributed by atoms with Crippen molar-refractivity contribution in [3.8, 4) is 5.75 Å². The topological polar surface area (TPSA) is 27.7 Å². The fraction of sp³-hybridized carbons (Fsp3) is 0.250. The van der Waals surface area contributed by atoms with Gasteiger partial charge in [-0.15, -0.1) is 0 Å². The summed E-state index contributed by atoms with van der Waals surface area (Å²) in [7, 11) is 1.71. The number of hydrogen-bond acceptors (Lipinski definition) is 3. The van der Waals surface area contributed by atoms with E-state index in [1.807, 2.05) is 67.6 Å². The van der Waals surface area contributed by atoms with Gasteiger partial charge in [0.25, 0.3) is 0 Å². The second kappa shape index (κ2) is 9.36. The molecule has 0 spiro atoms. The monoisotopic (exact) mass is 362 g/mol. The van der Waals surface area contributed by atoms with E-state index in [0.29, 0.717) is 19.8 Å². The minimum absolute atomic E-state index is 0.459. The Balaban J connectivity index is 1.63. The number of rotatable bonds is 9. The molecule has 0 N–H and O–H groups in total. The van der Waals surface area contributed by atoms with Gasteiger partial charge in [-0.2, -0.15) is 0 Å². The normalized spacial score (nSPS) is 13.1. The molecule has 0 bridgehead atoms. The number of benzene rings is 3. The van der Waals surface area contributed by atoms with Crippen LogP contribution in [0.2, 0.25) is 0 Å². The van der Waals surface area contributed by atoms with Crippen molar-refractivity contribution in [1.82, 2.24) is 0 Å². The molecular weight excluding hydrogens is 336 g/mol. The first-order chi connectivity index (χ1) is 13.2. The Labute approximate surface area is 161 Å². The molecule has 27 heavy (non-hydrogen) atoms. The summed E-state index contributed by atoms with van der Waals surface area (Å²) in [6.07, 6.45) is 0. The third kappa shape index (κ3) is 5.43. The van der Waals surface area contributed by atoms with Gasteiger partial charge >= 0.3 is 0 Å². The molecule has 0 radical (unpaired) electrons. The molecule has 0 aliphatic carbocycles. The van der Waals surface area contributed by atoms with Gasteiger partial charge in [0.2, 0.25) is 0 Å². The lowest BCUT2D eigenvalue weighted by molar-refractivity contribution is -0.0725. The van der Waals surface area contributed by atoms with Crippen molar-refractivity contribution in [3.05, 3.63) is 102 Å². The largest absolute Gasteiger partial charge is 0.489 e. The number of ether oxygens (including phenoxy) is 3. The summed E-state index contributed by atoms with van der Waals surface area (Å²) in [4.78, 5) is 0. The molecule has 0 saturated heterocycles. The molecule has 0 aliphatic heterocycles. The average molecular weight is 362 g/mol. The third-order valence-electron chi connectivity index (χ3n) is 4.63. The lowest BCUT2D eigenvalue weighted by atomic mass is 9.96. The maximum atomic E-state index is 5.95. The minimum atomic E-state index is -0.541. The van der Waals surface area contributed by atoms with E-state index in [9.17, 15) is 0 Å². The van der Waals surface area contributed by atoms with Gasteiger partial charge in [-0.05, 0) is 35.7 Å². The Hall–Kier alpha value is -2.62. The van der Waals surface area contributed by atoms with E-state index >= 15 is 0 Å². The van der Waals surface area contributed by atoms with Crippen LogP contribution in [0.15, 0.2) is 84.9 Å². The van der Waals surface area contributed by atoms with E-state index in [2.05, 4.69) is 24.3 Å². The molecule has 1 atom stereocenters. The molecule has 0 amide bonds. The first kappa shape index (κ1) is 19.2. The Morgan fingerprint density at radius 2 is 1.37 bits per heavy atom. The lowest BCUT2D eigenvalue weighted by Gasteiger charge is -2.29. The van der Waals surface area contributed by atoms with Crippen LogP contribution in [-0.4, -0.2) is 13.7 Å².